The standard InChI is InChI=1S/C21H22N6O2/c1-11(2)17-14-9-13(19-25-26-20(29-19)21(28)27(3)4)5-6-15(14)24-18(17)12-7-8-23-16(22)10-12/h5-11,24H,1-4H3,(H2,22,23). The summed E-state index contributed by atoms with van der Waals surface area (Å²) in [6, 6.07) is 9.67. The van der Waals surface area contributed by atoms with Crippen molar-refractivity contribution >= 4 is 22.6 Å². The van der Waals surface area contributed by atoms with Gasteiger partial charge in [-0.15, -0.1) is 10.2 Å². The second kappa shape index (κ2) is 7.05. The lowest BCUT2D eigenvalue weighted by Gasteiger charge is -2.09. The highest BCUT2D eigenvalue weighted by Crippen LogP contribution is 2.37. The Bertz CT molecular complexity index is 1210. The first-order valence-electron chi connectivity index (χ1n) is 9.28. The highest BCUT2D eigenvalue weighted by Gasteiger charge is 2.20. The van der Waals surface area contributed by atoms with Gasteiger partial charge in [-0.1, -0.05) is 13.8 Å². The molecular weight excluding hydrogens is 368 g/mol. The molecule has 29 heavy (non-hydrogen) atoms. The molecule has 4 aromatic rings. The first-order valence-corrected chi connectivity index (χ1v) is 9.28. The normalized spacial score (nSPS) is 11.3. The molecule has 0 bridgehead atoms. The Morgan fingerprint density at radius 3 is 2.62 bits per heavy atom. The lowest BCUT2D eigenvalue weighted by Crippen LogP contribution is -2.21. The summed E-state index contributed by atoms with van der Waals surface area (Å²) < 4.78 is 5.60. The van der Waals surface area contributed by atoms with Gasteiger partial charge in [0, 0.05) is 42.3 Å². The number of nitrogen functional groups attached to an aromatic ring is 1. The number of hydrogen-bond donors (Lipinski definition) is 2. The Morgan fingerprint density at radius 1 is 1.14 bits per heavy atom. The molecule has 0 aliphatic carbocycles. The molecule has 1 aromatic carbocycles. The number of aromatic amines is 1. The summed E-state index contributed by atoms with van der Waals surface area (Å²) in [5, 5.41) is 8.98. The molecule has 3 N–H and O–H groups in total. The molecule has 1 amide bonds. The highest BCUT2D eigenvalue weighted by atomic mass is 16.4. The van der Waals surface area contributed by atoms with Crippen LogP contribution in [0.25, 0.3) is 33.6 Å². The molecule has 0 saturated heterocycles. The van der Waals surface area contributed by atoms with Crippen molar-refractivity contribution < 1.29 is 9.21 Å². The smallest absolute Gasteiger partial charge is 0.310 e. The van der Waals surface area contributed by atoms with Crippen molar-refractivity contribution in [2.75, 3.05) is 19.8 Å². The number of nitrogens with zero attached hydrogens (tertiary/aromatic N) is 4. The average molecular weight is 390 g/mol. The van der Waals surface area contributed by atoms with Gasteiger partial charge in [-0.25, -0.2) is 4.98 Å². The van der Waals surface area contributed by atoms with Crippen LogP contribution in [0.5, 0.6) is 0 Å². The molecule has 0 unspecified atom stereocenters. The molecule has 3 aromatic heterocycles. The van der Waals surface area contributed by atoms with Crippen molar-refractivity contribution in [1.29, 1.82) is 0 Å². The van der Waals surface area contributed by atoms with Gasteiger partial charge in [0.15, 0.2) is 0 Å². The Labute approximate surface area is 167 Å². The van der Waals surface area contributed by atoms with E-state index in [1.807, 2.05) is 30.3 Å². The zero-order valence-electron chi connectivity index (χ0n) is 16.7. The number of carbonyl (C=O) groups is 1. The number of anilines is 1. The van der Waals surface area contributed by atoms with Gasteiger partial charge in [-0.05, 0) is 41.8 Å². The van der Waals surface area contributed by atoms with Crippen LogP contribution in [0.4, 0.5) is 5.82 Å². The highest BCUT2D eigenvalue weighted by molar-refractivity contribution is 5.94. The molecule has 0 atom stereocenters. The van der Waals surface area contributed by atoms with Crippen molar-refractivity contribution in [3.8, 4) is 22.7 Å². The lowest BCUT2D eigenvalue weighted by molar-refractivity contribution is 0.0789. The van der Waals surface area contributed by atoms with Gasteiger partial charge >= 0.3 is 11.8 Å². The Morgan fingerprint density at radius 2 is 1.93 bits per heavy atom. The number of pyridine rings is 1. The van der Waals surface area contributed by atoms with E-state index >= 15 is 0 Å². The van der Waals surface area contributed by atoms with E-state index < -0.39 is 0 Å². The Balaban J connectivity index is 1.84. The topological polar surface area (TPSA) is 114 Å². The van der Waals surface area contributed by atoms with E-state index in [0.29, 0.717) is 11.7 Å². The number of amides is 1. The molecule has 3 heterocycles. The van der Waals surface area contributed by atoms with Crippen molar-refractivity contribution in [3.63, 3.8) is 0 Å². The summed E-state index contributed by atoms with van der Waals surface area (Å²) in [4.78, 5) is 21.0. The van der Waals surface area contributed by atoms with Crippen LogP contribution in [0, 0.1) is 0 Å². The third kappa shape index (κ3) is 3.33. The van der Waals surface area contributed by atoms with Crippen LogP contribution in [0.1, 0.15) is 36.0 Å². The molecule has 8 nitrogen and oxygen atoms in total. The third-order valence-electron chi connectivity index (χ3n) is 4.75. The van der Waals surface area contributed by atoms with Gasteiger partial charge in [0.1, 0.15) is 5.82 Å². The van der Waals surface area contributed by atoms with E-state index in [9.17, 15) is 4.79 Å². The third-order valence-corrected chi connectivity index (χ3v) is 4.75. The maximum Gasteiger partial charge on any atom is 0.310 e. The summed E-state index contributed by atoms with van der Waals surface area (Å²) in [7, 11) is 3.28. The maximum atomic E-state index is 12.0. The fourth-order valence-electron chi connectivity index (χ4n) is 3.39. The molecule has 8 heteroatoms. The molecule has 0 spiro atoms. The minimum atomic E-state index is -0.327. The molecular formula is C21H22N6O2. The number of nitrogens with one attached hydrogen (secondary N) is 1. The summed E-state index contributed by atoms with van der Waals surface area (Å²) in [5.74, 6) is 0.684. The van der Waals surface area contributed by atoms with Crippen LogP contribution in [-0.2, 0) is 0 Å². The summed E-state index contributed by atoms with van der Waals surface area (Å²) >= 11 is 0. The minimum absolute atomic E-state index is 0.0313. The number of aromatic nitrogens is 4. The number of fused-ring (bicyclic) bond motifs is 1. The van der Waals surface area contributed by atoms with Crippen LogP contribution in [0.3, 0.4) is 0 Å². The fraction of sp³-hybridized carbons (Fsp3) is 0.238. The van der Waals surface area contributed by atoms with E-state index in [1.54, 1.807) is 20.3 Å². The number of carbonyl (C=O) groups excluding carboxylic acids is 1. The monoisotopic (exact) mass is 390 g/mol. The Kier molecular flexibility index (Phi) is 4.54. The van der Waals surface area contributed by atoms with E-state index in [0.717, 1.165) is 33.3 Å². The van der Waals surface area contributed by atoms with Gasteiger partial charge in [-0.2, -0.15) is 0 Å². The first kappa shape index (κ1) is 18.7. The second-order valence-electron chi connectivity index (χ2n) is 7.41. The number of hydrogen-bond acceptors (Lipinski definition) is 6. The van der Waals surface area contributed by atoms with Crippen LogP contribution < -0.4 is 5.73 Å². The number of H-pyrrole nitrogens is 1. The molecule has 0 radical (unpaired) electrons. The predicted octanol–water partition coefficient (Wildman–Crippen LogP) is 3.69. The summed E-state index contributed by atoms with van der Waals surface area (Å²) in [6.45, 7) is 4.29. The summed E-state index contributed by atoms with van der Waals surface area (Å²) in [6.07, 6.45) is 1.70. The van der Waals surface area contributed by atoms with Crippen LogP contribution >= 0.6 is 0 Å². The van der Waals surface area contributed by atoms with E-state index in [1.165, 1.54) is 4.90 Å². The molecule has 0 aliphatic rings. The van der Waals surface area contributed by atoms with E-state index in [4.69, 9.17) is 10.2 Å². The van der Waals surface area contributed by atoms with Gasteiger partial charge in [0.25, 0.3) is 0 Å². The van der Waals surface area contributed by atoms with Crippen molar-refractivity contribution in [1.82, 2.24) is 25.1 Å². The largest absolute Gasteiger partial charge is 0.412 e. The number of benzene rings is 1. The maximum absolute atomic E-state index is 12.0. The molecule has 0 aliphatic heterocycles. The van der Waals surface area contributed by atoms with Gasteiger partial charge in [0.2, 0.25) is 5.89 Å². The quantitative estimate of drug-likeness (QED) is 0.549. The van der Waals surface area contributed by atoms with Crippen molar-refractivity contribution in [2.45, 2.75) is 19.8 Å². The van der Waals surface area contributed by atoms with Gasteiger partial charge < -0.3 is 20.0 Å². The van der Waals surface area contributed by atoms with Crippen LogP contribution in [-0.4, -0.2) is 45.1 Å². The predicted molar refractivity (Wildman–Crippen MR) is 111 cm³/mol. The zero-order chi connectivity index (χ0) is 20.7. The minimum Gasteiger partial charge on any atom is -0.412 e. The molecule has 148 valence electrons. The first-order chi connectivity index (χ1) is 13.8. The van der Waals surface area contributed by atoms with Crippen molar-refractivity contribution in [2.24, 2.45) is 0 Å². The van der Waals surface area contributed by atoms with Crippen molar-refractivity contribution in [3.05, 3.63) is 48.0 Å². The molecule has 0 saturated carbocycles. The lowest BCUT2D eigenvalue weighted by atomic mass is 9.95. The van der Waals surface area contributed by atoms with E-state index in [-0.39, 0.29) is 17.7 Å². The van der Waals surface area contributed by atoms with Crippen LogP contribution in [0.15, 0.2) is 40.9 Å². The number of nitrogens with two attached hydrogens (primary N) is 1. The molecule has 4 rings (SSSR count). The fourth-order valence-corrected chi connectivity index (χ4v) is 3.39. The second-order valence-corrected chi connectivity index (χ2v) is 7.41. The summed E-state index contributed by atoms with van der Waals surface area (Å²) in [5.41, 5.74) is 10.8. The Hall–Kier alpha value is -3.68. The zero-order valence-corrected chi connectivity index (χ0v) is 16.7. The average Bonchev–Trinajstić information content (AvgIpc) is 3.31. The van der Waals surface area contributed by atoms with Gasteiger partial charge in [-0.3, -0.25) is 4.79 Å². The molecule has 0 fully saturated rings. The van der Waals surface area contributed by atoms with E-state index in [2.05, 4.69) is 34.0 Å². The number of rotatable bonds is 4. The SMILES string of the molecule is CC(C)c1c(-c2ccnc(N)c2)[nH]c2ccc(-c3nnc(C(=O)N(C)C)o3)cc12. The van der Waals surface area contributed by atoms with Gasteiger partial charge in [0.05, 0.1) is 5.69 Å². The van der Waals surface area contributed by atoms with Crippen LogP contribution in [0.2, 0.25) is 0 Å².